The molecule has 103 valence electrons. The molecule has 0 saturated carbocycles. The van der Waals surface area contributed by atoms with Crippen LogP contribution in [0.3, 0.4) is 0 Å². The molecule has 1 radical (unpaired) electrons. The van der Waals surface area contributed by atoms with Gasteiger partial charge in [-0.25, -0.2) is 0 Å². The molecule has 0 heterocycles. The van der Waals surface area contributed by atoms with E-state index in [1.807, 2.05) is 0 Å². The molecule has 0 amide bonds. The highest BCUT2D eigenvalue weighted by Gasteiger charge is 2.09. The van der Waals surface area contributed by atoms with Gasteiger partial charge in [-0.2, -0.15) is 0 Å². The maximum Gasteiger partial charge on any atom is 0.120 e. The summed E-state index contributed by atoms with van der Waals surface area (Å²) in [6, 6.07) is 26.5. The quantitative estimate of drug-likeness (QED) is 0.281. The van der Waals surface area contributed by atoms with E-state index in [9.17, 15) is 0 Å². The summed E-state index contributed by atoms with van der Waals surface area (Å²) in [5.74, 6) is 0. The highest BCUT2D eigenvalue weighted by Crippen LogP contribution is 2.38. The van der Waals surface area contributed by atoms with Gasteiger partial charge in [0.15, 0.2) is 0 Å². The van der Waals surface area contributed by atoms with Crippen molar-refractivity contribution in [3.05, 3.63) is 77.7 Å². The predicted molar refractivity (Wildman–Crippen MR) is 93.2 cm³/mol. The van der Waals surface area contributed by atoms with Gasteiger partial charge in [0.05, 0.1) is 0 Å². The lowest BCUT2D eigenvalue weighted by atomic mass is 9.91. The van der Waals surface area contributed by atoms with Crippen LogP contribution >= 0.6 is 0 Å². The lowest BCUT2D eigenvalue weighted by molar-refractivity contribution is 1.78. The molecule has 0 fully saturated rings. The second-order valence-corrected chi connectivity index (χ2v) is 5.45. The van der Waals surface area contributed by atoms with Gasteiger partial charge in [-0.1, -0.05) is 66.7 Å². The summed E-state index contributed by atoms with van der Waals surface area (Å²) in [5.41, 5.74) is 5.75. The fourth-order valence-corrected chi connectivity index (χ4v) is 3.49. The van der Waals surface area contributed by atoms with Crippen molar-refractivity contribution < 1.29 is 0 Å². The summed E-state index contributed by atoms with van der Waals surface area (Å²) in [6.07, 6.45) is 0. The molecule has 0 bridgehead atoms. The smallest absolute Gasteiger partial charge is 0.120 e. The lowest BCUT2D eigenvalue weighted by Crippen LogP contribution is -1.85. The van der Waals surface area contributed by atoms with Crippen molar-refractivity contribution in [3.63, 3.8) is 0 Å². The van der Waals surface area contributed by atoms with Crippen LogP contribution in [0.15, 0.2) is 72.8 Å². The summed E-state index contributed by atoms with van der Waals surface area (Å²) >= 11 is 0. The summed E-state index contributed by atoms with van der Waals surface area (Å²) in [6.45, 7) is 0. The molecule has 5 aromatic rings. The second kappa shape index (κ2) is 4.78. The molecule has 0 spiro atoms. The van der Waals surface area contributed by atoms with E-state index in [0.717, 1.165) is 0 Å². The Labute approximate surface area is 127 Å². The third-order valence-electron chi connectivity index (χ3n) is 4.37. The maximum atomic E-state index is 7.25. The maximum absolute atomic E-state index is 7.25. The van der Waals surface area contributed by atoms with Gasteiger partial charge in [0.25, 0.3) is 0 Å². The van der Waals surface area contributed by atoms with E-state index >= 15 is 0 Å². The molecule has 0 saturated heterocycles. The SMILES string of the molecule is [N]=O.c1ccc2c(c1)cc1ccc3cccc4ccc2c1c34. The number of nitrogens with zero attached hydrogens (tertiary/aromatic N) is 1. The molecule has 0 aliphatic rings. The average molecular weight is 282 g/mol. The minimum Gasteiger partial charge on any atom is -0.120 e. The number of benzene rings is 5. The molecule has 0 aliphatic carbocycles. The fourth-order valence-electron chi connectivity index (χ4n) is 3.49. The summed E-state index contributed by atoms with van der Waals surface area (Å²) in [5, 5.41) is 10.8. The molecule has 2 nitrogen and oxygen atoms in total. The van der Waals surface area contributed by atoms with Crippen molar-refractivity contribution in [2.45, 2.75) is 0 Å². The first-order chi connectivity index (χ1) is 10.9. The van der Waals surface area contributed by atoms with Gasteiger partial charge in [-0.3, -0.25) is 0 Å². The minimum atomic E-state index is 1.32. The van der Waals surface area contributed by atoms with Crippen molar-refractivity contribution in [2.24, 2.45) is 0 Å². The van der Waals surface area contributed by atoms with Crippen LogP contribution in [0.2, 0.25) is 0 Å². The molecule has 0 aromatic heterocycles. The van der Waals surface area contributed by atoms with E-state index in [4.69, 9.17) is 10.5 Å². The average Bonchev–Trinajstić information content (AvgIpc) is 2.61. The minimum absolute atomic E-state index is 1.32. The Balaban J connectivity index is 0.000000602. The monoisotopic (exact) mass is 282 g/mol. The van der Waals surface area contributed by atoms with E-state index in [-0.39, 0.29) is 0 Å². The van der Waals surface area contributed by atoms with Crippen LogP contribution in [0.25, 0.3) is 43.1 Å². The Bertz CT molecular complexity index is 1100. The number of fused-ring (bicyclic) bond motifs is 2. The zero-order chi connectivity index (χ0) is 15.1. The van der Waals surface area contributed by atoms with E-state index in [1.165, 1.54) is 43.1 Å². The van der Waals surface area contributed by atoms with Crippen LogP contribution in [0, 0.1) is 4.91 Å². The van der Waals surface area contributed by atoms with E-state index < -0.39 is 0 Å². The van der Waals surface area contributed by atoms with Crippen LogP contribution in [-0.4, -0.2) is 0 Å². The van der Waals surface area contributed by atoms with Crippen molar-refractivity contribution in [1.82, 2.24) is 5.59 Å². The number of hydrogen-bond acceptors (Lipinski definition) is 1. The van der Waals surface area contributed by atoms with Gasteiger partial charge >= 0.3 is 0 Å². The topological polar surface area (TPSA) is 39.4 Å². The summed E-state index contributed by atoms with van der Waals surface area (Å²) in [4.78, 5) is 7.25. The van der Waals surface area contributed by atoms with E-state index in [1.54, 1.807) is 0 Å². The highest BCUT2D eigenvalue weighted by atomic mass is 16.2. The number of hydrogen-bond donors (Lipinski definition) is 0. The first kappa shape index (κ1) is 12.7. The first-order valence-corrected chi connectivity index (χ1v) is 7.15. The zero-order valence-corrected chi connectivity index (χ0v) is 11.8. The molecule has 0 atom stereocenters. The highest BCUT2D eigenvalue weighted by molar-refractivity contribution is 6.28. The molecule has 22 heavy (non-hydrogen) atoms. The molecule has 0 aliphatic heterocycles. The van der Waals surface area contributed by atoms with Crippen molar-refractivity contribution in [2.75, 3.05) is 0 Å². The van der Waals surface area contributed by atoms with Gasteiger partial charge in [0.1, 0.15) is 5.59 Å². The van der Waals surface area contributed by atoms with Crippen LogP contribution in [0.1, 0.15) is 0 Å². The third kappa shape index (κ3) is 1.61. The van der Waals surface area contributed by atoms with Crippen molar-refractivity contribution in [1.29, 1.82) is 0 Å². The Morgan fingerprint density at radius 3 is 1.95 bits per heavy atom. The Morgan fingerprint density at radius 1 is 0.500 bits per heavy atom. The van der Waals surface area contributed by atoms with Crippen LogP contribution in [-0.2, 0) is 0 Å². The fraction of sp³-hybridized carbons (Fsp3) is 0. The van der Waals surface area contributed by atoms with Gasteiger partial charge < -0.3 is 0 Å². The van der Waals surface area contributed by atoms with Crippen molar-refractivity contribution >= 4 is 43.1 Å². The largest absolute Gasteiger partial charge is 0.120 e. The van der Waals surface area contributed by atoms with Gasteiger partial charge in [-0.05, 0) is 49.2 Å². The summed E-state index contributed by atoms with van der Waals surface area (Å²) < 4.78 is 0. The Morgan fingerprint density at radius 2 is 1.14 bits per heavy atom. The first-order valence-electron chi connectivity index (χ1n) is 7.15. The molecule has 5 rings (SSSR count). The van der Waals surface area contributed by atoms with Crippen LogP contribution in [0.4, 0.5) is 0 Å². The predicted octanol–water partition coefficient (Wildman–Crippen LogP) is 5.29. The second-order valence-electron chi connectivity index (χ2n) is 5.45. The number of rotatable bonds is 0. The van der Waals surface area contributed by atoms with E-state index in [2.05, 4.69) is 72.8 Å². The lowest BCUT2D eigenvalue weighted by Gasteiger charge is -2.12. The molecule has 0 N–H and O–H groups in total. The molecular formula is C20H12NO. The Hall–Kier alpha value is -3.00. The number of nitroso groups, excluding NO2 is 1. The van der Waals surface area contributed by atoms with Crippen LogP contribution in [0.5, 0.6) is 0 Å². The van der Waals surface area contributed by atoms with Crippen molar-refractivity contribution in [3.8, 4) is 0 Å². The van der Waals surface area contributed by atoms with Crippen LogP contribution < -0.4 is 5.59 Å². The molecule has 5 aromatic carbocycles. The van der Waals surface area contributed by atoms with Gasteiger partial charge in [0, 0.05) is 0 Å². The standard InChI is InChI=1S/C20H12.NO/c1-2-7-17-15(4-1)12-16-9-8-13-5-3-6-14-10-11-18(17)20(16)19(13)14;1-2/h1-12H;. The van der Waals surface area contributed by atoms with E-state index in [0.29, 0.717) is 0 Å². The molecule has 0 unspecified atom stereocenters. The zero-order valence-electron chi connectivity index (χ0n) is 11.8. The normalized spacial score (nSPS) is 11.1. The Kier molecular flexibility index (Phi) is 2.76. The molecule has 2 heteroatoms. The van der Waals surface area contributed by atoms with Gasteiger partial charge in [-0.15, -0.1) is 4.91 Å². The third-order valence-corrected chi connectivity index (χ3v) is 4.37. The van der Waals surface area contributed by atoms with Gasteiger partial charge in [0.2, 0.25) is 0 Å². The summed E-state index contributed by atoms with van der Waals surface area (Å²) in [7, 11) is 0. The molecular weight excluding hydrogens is 270 g/mol.